The summed E-state index contributed by atoms with van der Waals surface area (Å²) in [6, 6.07) is 14.3. The van der Waals surface area contributed by atoms with Crippen LogP contribution in [0, 0.1) is 19.8 Å². The Hall–Kier alpha value is -2.46. The number of likely N-dealkylation sites (tertiary alicyclic amines) is 1. The molecule has 3 aromatic rings. The number of benzene rings is 2. The van der Waals surface area contributed by atoms with Crippen LogP contribution in [0.25, 0.3) is 22.0 Å². The molecule has 1 saturated heterocycles. The molecule has 1 aliphatic heterocycles. The van der Waals surface area contributed by atoms with E-state index in [1.165, 1.54) is 24.0 Å². The van der Waals surface area contributed by atoms with Crippen LogP contribution in [0.3, 0.4) is 0 Å². The van der Waals surface area contributed by atoms with Crippen LogP contribution in [-0.4, -0.2) is 27.8 Å². The van der Waals surface area contributed by atoms with Crippen LogP contribution in [0.1, 0.15) is 30.9 Å². The van der Waals surface area contributed by atoms with E-state index >= 15 is 0 Å². The zero-order valence-corrected chi connectivity index (χ0v) is 16.4. The summed E-state index contributed by atoms with van der Waals surface area (Å²) in [6.07, 6.45) is 2.37. The van der Waals surface area contributed by atoms with Crippen LogP contribution in [0.2, 0.25) is 0 Å². The predicted octanol–water partition coefficient (Wildman–Crippen LogP) is 4.37. The number of aryl methyl sites for hydroxylation is 2. The summed E-state index contributed by atoms with van der Waals surface area (Å²) in [5.41, 5.74) is 4.38. The third-order valence-corrected chi connectivity index (χ3v) is 5.73. The standard InChI is InChI=1S/C23H27N3O/c1-16-10-12-25(13-11-16)15-26-23(27)20-7-5-4-6-19(20)22(24-26)21-14-17(2)8-9-18(21)3/h4-9,14,16H,10-13,15H2,1-3H3. The first-order valence-corrected chi connectivity index (χ1v) is 9.83. The minimum absolute atomic E-state index is 0.00159. The quantitative estimate of drug-likeness (QED) is 0.695. The lowest BCUT2D eigenvalue weighted by Crippen LogP contribution is -2.38. The van der Waals surface area contributed by atoms with Crippen LogP contribution in [0.5, 0.6) is 0 Å². The van der Waals surface area contributed by atoms with Gasteiger partial charge in [0.05, 0.1) is 17.7 Å². The number of aromatic nitrogens is 2. The Kier molecular flexibility index (Phi) is 4.83. The fourth-order valence-corrected chi connectivity index (χ4v) is 3.91. The molecule has 1 fully saturated rings. The number of hydrogen-bond acceptors (Lipinski definition) is 3. The van der Waals surface area contributed by atoms with Gasteiger partial charge in [0.1, 0.15) is 0 Å². The average Bonchev–Trinajstić information content (AvgIpc) is 2.68. The highest BCUT2D eigenvalue weighted by molar-refractivity contribution is 5.94. The number of nitrogens with zero attached hydrogens (tertiary/aromatic N) is 3. The van der Waals surface area contributed by atoms with E-state index < -0.39 is 0 Å². The molecule has 2 heterocycles. The summed E-state index contributed by atoms with van der Waals surface area (Å²) in [6.45, 7) is 9.12. The summed E-state index contributed by atoms with van der Waals surface area (Å²) in [7, 11) is 0. The summed E-state index contributed by atoms with van der Waals surface area (Å²) >= 11 is 0. The van der Waals surface area contributed by atoms with Gasteiger partial charge >= 0.3 is 0 Å². The lowest BCUT2D eigenvalue weighted by atomic mass is 9.99. The molecule has 0 spiro atoms. The molecule has 4 nitrogen and oxygen atoms in total. The molecule has 4 rings (SSSR count). The molecule has 0 saturated carbocycles. The van der Waals surface area contributed by atoms with Crippen LogP contribution in [0.4, 0.5) is 0 Å². The Morgan fingerprint density at radius 2 is 1.74 bits per heavy atom. The van der Waals surface area contributed by atoms with E-state index in [0.29, 0.717) is 6.67 Å². The first kappa shape index (κ1) is 17.9. The Morgan fingerprint density at radius 3 is 2.48 bits per heavy atom. The third-order valence-electron chi connectivity index (χ3n) is 5.73. The van der Waals surface area contributed by atoms with Crippen LogP contribution < -0.4 is 5.56 Å². The van der Waals surface area contributed by atoms with E-state index in [2.05, 4.69) is 43.9 Å². The van der Waals surface area contributed by atoms with E-state index in [0.717, 1.165) is 41.0 Å². The minimum Gasteiger partial charge on any atom is -0.284 e. The average molecular weight is 361 g/mol. The molecule has 1 aromatic heterocycles. The predicted molar refractivity (Wildman–Crippen MR) is 111 cm³/mol. The van der Waals surface area contributed by atoms with Crippen molar-refractivity contribution in [1.29, 1.82) is 0 Å². The van der Waals surface area contributed by atoms with Gasteiger partial charge in [-0.25, -0.2) is 4.68 Å². The number of rotatable bonds is 3. The van der Waals surface area contributed by atoms with Crippen molar-refractivity contribution >= 4 is 10.8 Å². The fraction of sp³-hybridized carbons (Fsp3) is 0.391. The van der Waals surface area contributed by atoms with Gasteiger partial charge < -0.3 is 0 Å². The number of piperidine rings is 1. The first-order chi connectivity index (χ1) is 13.0. The van der Waals surface area contributed by atoms with Crippen molar-refractivity contribution in [3.63, 3.8) is 0 Å². The molecule has 0 N–H and O–H groups in total. The number of hydrogen-bond donors (Lipinski definition) is 0. The van der Waals surface area contributed by atoms with Crippen LogP contribution in [0.15, 0.2) is 47.3 Å². The van der Waals surface area contributed by atoms with Gasteiger partial charge in [-0.15, -0.1) is 0 Å². The van der Waals surface area contributed by atoms with Gasteiger partial charge in [-0.2, -0.15) is 5.10 Å². The Balaban J connectivity index is 1.85. The van der Waals surface area contributed by atoms with Gasteiger partial charge in [0, 0.05) is 24.0 Å². The van der Waals surface area contributed by atoms with E-state index in [1.54, 1.807) is 4.68 Å². The summed E-state index contributed by atoms with van der Waals surface area (Å²) in [5.74, 6) is 0.771. The van der Waals surface area contributed by atoms with Crippen molar-refractivity contribution < 1.29 is 0 Å². The summed E-state index contributed by atoms with van der Waals surface area (Å²) in [4.78, 5) is 15.4. The highest BCUT2D eigenvalue weighted by atomic mass is 16.1. The summed E-state index contributed by atoms with van der Waals surface area (Å²) in [5, 5.41) is 6.52. The van der Waals surface area contributed by atoms with E-state index in [1.807, 2.05) is 24.3 Å². The van der Waals surface area contributed by atoms with Gasteiger partial charge in [-0.1, -0.05) is 42.8 Å². The molecule has 0 bridgehead atoms. The van der Waals surface area contributed by atoms with Gasteiger partial charge in [-0.3, -0.25) is 9.69 Å². The topological polar surface area (TPSA) is 38.1 Å². The van der Waals surface area contributed by atoms with Crippen LogP contribution >= 0.6 is 0 Å². The molecule has 0 amide bonds. The van der Waals surface area contributed by atoms with Gasteiger partial charge in [0.15, 0.2) is 0 Å². The van der Waals surface area contributed by atoms with Crippen molar-refractivity contribution in [3.05, 3.63) is 63.9 Å². The zero-order valence-electron chi connectivity index (χ0n) is 16.4. The smallest absolute Gasteiger partial charge is 0.275 e. The minimum atomic E-state index is -0.00159. The Labute approximate surface area is 160 Å². The molecule has 0 aliphatic carbocycles. The van der Waals surface area contributed by atoms with E-state index in [-0.39, 0.29) is 5.56 Å². The van der Waals surface area contributed by atoms with Crippen molar-refractivity contribution in [3.8, 4) is 11.3 Å². The van der Waals surface area contributed by atoms with Gasteiger partial charge in [0.25, 0.3) is 5.56 Å². The molecule has 1 aliphatic rings. The molecule has 0 radical (unpaired) electrons. The highest BCUT2D eigenvalue weighted by Gasteiger charge is 2.19. The molecular weight excluding hydrogens is 334 g/mol. The third kappa shape index (κ3) is 3.54. The maximum absolute atomic E-state index is 13.1. The van der Waals surface area contributed by atoms with Crippen molar-refractivity contribution in [2.24, 2.45) is 5.92 Å². The molecule has 2 aromatic carbocycles. The largest absolute Gasteiger partial charge is 0.284 e. The maximum Gasteiger partial charge on any atom is 0.275 e. The SMILES string of the molecule is Cc1ccc(C)c(-c2nn(CN3CCC(C)CC3)c(=O)c3ccccc23)c1. The van der Waals surface area contributed by atoms with E-state index in [9.17, 15) is 4.79 Å². The molecular formula is C23H27N3O. The maximum atomic E-state index is 13.1. The Bertz CT molecular complexity index is 1030. The van der Waals surface area contributed by atoms with Crippen molar-refractivity contribution in [2.75, 3.05) is 13.1 Å². The zero-order chi connectivity index (χ0) is 19.0. The van der Waals surface area contributed by atoms with Gasteiger partial charge in [-0.05, 0) is 50.3 Å². The molecule has 140 valence electrons. The van der Waals surface area contributed by atoms with Gasteiger partial charge in [0.2, 0.25) is 0 Å². The second-order valence-electron chi connectivity index (χ2n) is 7.96. The molecule has 4 heteroatoms. The molecule has 27 heavy (non-hydrogen) atoms. The molecule has 0 unspecified atom stereocenters. The van der Waals surface area contributed by atoms with E-state index in [4.69, 9.17) is 5.10 Å². The highest BCUT2D eigenvalue weighted by Crippen LogP contribution is 2.28. The fourth-order valence-electron chi connectivity index (χ4n) is 3.91. The second kappa shape index (κ2) is 7.28. The van der Waals surface area contributed by atoms with Crippen molar-refractivity contribution in [1.82, 2.24) is 14.7 Å². The number of fused-ring (bicyclic) bond motifs is 1. The second-order valence-corrected chi connectivity index (χ2v) is 7.96. The summed E-state index contributed by atoms with van der Waals surface area (Å²) < 4.78 is 1.66. The normalized spacial score (nSPS) is 16.1. The first-order valence-electron chi connectivity index (χ1n) is 9.83. The lowest BCUT2D eigenvalue weighted by molar-refractivity contribution is 0.144. The van der Waals surface area contributed by atoms with Crippen LogP contribution in [-0.2, 0) is 6.67 Å². The van der Waals surface area contributed by atoms with Crippen molar-refractivity contribution in [2.45, 2.75) is 40.3 Å². The molecule has 0 atom stereocenters. The monoisotopic (exact) mass is 361 g/mol. The Morgan fingerprint density at radius 1 is 1.04 bits per heavy atom. The lowest BCUT2D eigenvalue weighted by Gasteiger charge is -2.30.